The van der Waals surface area contributed by atoms with Crippen molar-refractivity contribution in [3.05, 3.63) is 35.7 Å². The van der Waals surface area contributed by atoms with Crippen molar-refractivity contribution in [2.24, 2.45) is 5.73 Å². The number of benzene rings is 1. The monoisotopic (exact) mass is 272 g/mol. The number of hydrogen-bond acceptors (Lipinski definition) is 5. The lowest BCUT2D eigenvalue weighted by molar-refractivity contribution is 0.475. The molecular weight excluding hydrogens is 252 g/mol. The molecule has 0 saturated carbocycles. The van der Waals surface area contributed by atoms with Gasteiger partial charge in [-0.1, -0.05) is 12.1 Å². The maximum absolute atomic E-state index is 9.53. The smallest absolute Gasteiger partial charge is 0.159 e. The Bertz CT molecular complexity index is 575. The van der Waals surface area contributed by atoms with Gasteiger partial charge in [0, 0.05) is 12.1 Å². The molecule has 0 bridgehead atoms. The third-order valence-corrected chi connectivity index (χ3v) is 3.06. The summed E-state index contributed by atoms with van der Waals surface area (Å²) >= 11 is 0. The zero-order chi connectivity index (χ0) is 14.5. The van der Waals surface area contributed by atoms with Gasteiger partial charge in [-0.3, -0.25) is 0 Å². The van der Waals surface area contributed by atoms with Gasteiger partial charge in [0.25, 0.3) is 0 Å². The highest BCUT2D eigenvalue weighted by atomic mass is 16.3. The minimum atomic E-state index is 0.214. The lowest BCUT2D eigenvalue weighted by Gasteiger charge is -2.13. The van der Waals surface area contributed by atoms with Gasteiger partial charge in [-0.2, -0.15) is 0 Å². The van der Waals surface area contributed by atoms with E-state index < -0.39 is 0 Å². The molecule has 20 heavy (non-hydrogen) atoms. The van der Waals surface area contributed by atoms with Crippen LogP contribution in [0.25, 0.3) is 11.4 Å². The molecule has 5 nitrogen and oxygen atoms in total. The highest BCUT2D eigenvalue weighted by molar-refractivity contribution is 5.61. The quantitative estimate of drug-likeness (QED) is 0.727. The lowest BCUT2D eigenvalue weighted by atomic mass is 10.2. The molecule has 0 saturated heterocycles. The Labute approximate surface area is 118 Å². The van der Waals surface area contributed by atoms with Crippen molar-refractivity contribution in [3.8, 4) is 17.1 Å². The largest absolute Gasteiger partial charge is 0.508 e. The van der Waals surface area contributed by atoms with E-state index in [4.69, 9.17) is 5.73 Å². The van der Waals surface area contributed by atoms with Gasteiger partial charge in [-0.05, 0) is 38.9 Å². The minimum Gasteiger partial charge on any atom is -0.508 e. The zero-order valence-corrected chi connectivity index (χ0v) is 11.8. The zero-order valence-electron chi connectivity index (χ0n) is 11.8. The van der Waals surface area contributed by atoms with Crippen molar-refractivity contribution in [1.29, 1.82) is 0 Å². The Morgan fingerprint density at radius 1 is 1.20 bits per heavy atom. The van der Waals surface area contributed by atoms with E-state index in [-0.39, 0.29) is 5.75 Å². The lowest BCUT2D eigenvalue weighted by Crippen LogP contribution is -2.11. The maximum atomic E-state index is 9.53. The van der Waals surface area contributed by atoms with Gasteiger partial charge in [0.05, 0.1) is 17.1 Å². The van der Waals surface area contributed by atoms with Crippen molar-refractivity contribution < 1.29 is 5.11 Å². The Kier molecular flexibility index (Phi) is 4.53. The molecule has 106 valence electrons. The van der Waals surface area contributed by atoms with E-state index in [9.17, 15) is 5.11 Å². The van der Waals surface area contributed by atoms with Crippen LogP contribution in [0.3, 0.4) is 0 Å². The fourth-order valence-corrected chi connectivity index (χ4v) is 2.06. The first-order valence-electron chi connectivity index (χ1n) is 6.70. The number of phenols is 1. The van der Waals surface area contributed by atoms with Gasteiger partial charge in [0.1, 0.15) is 5.75 Å². The summed E-state index contributed by atoms with van der Waals surface area (Å²) in [5.74, 6) is 0.840. The van der Waals surface area contributed by atoms with Crippen LogP contribution < -0.4 is 11.1 Å². The van der Waals surface area contributed by atoms with Crippen LogP contribution in [0.15, 0.2) is 24.3 Å². The predicted molar refractivity (Wildman–Crippen MR) is 80.8 cm³/mol. The molecule has 0 fully saturated rings. The molecule has 0 radical (unpaired) electrons. The first-order valence-corrected chi connectivity index (χ1v) is 6.70. The molecule has 1 aromatic carbocycles. The molecule has 0 amide bonds. The molecule has 1 aromatic heterocycles. The Morgan fingerprint density at radius 3 is 2.50 bits per heavy atom. The number of aromatic nitrogens is 2. The predicted octanol–water partition coefficient (Wildman–Crippen LogP) is 2.23. The van der Waals surface area contributed by atoms with Crippen LogP contribution in [0.2, 0.25) is 0 Å². The summed E-state index contributed by atoms with van der Waals surface area (Å²) in [5, 5.41) is 12.8. The third kappa shape index (κ3) is 3.24. The number of nitrogens with zero attached hydrogens (tertiary/aromatic N) is 2. The highest BCUT2D eigenvalue weighted by Gasteiger charge is 2.09. The number of hydrogen-bond donors (Lipinski definition) is 3. The fraction of sp³-hybridized carbons (Fsp3) is 0.333. The highest BCUT2D eigenvalue weighted by Crippen LogP contribution is 2.24. The van der Waals surface area contributed by atoms with E-state index >= 15 is 0 Å². The summed E-state index contributed by atoms with van der Waals surface area (Å²) in [6.07, 6.45) is 0.910. The molecular formula is C15H20N4O. The summed E-state index contributed by atoms with van der Waals surface area (Å²) in [5.41, 5.74) is 9.05. The van der Waals surface area contributed by atoms with Crippen LogP contribution in [-0.2, 0) is 0 Å². The molecule has 0 aliphatic carbocycles. The van der Waals surface area contributed by atoms with Gasteiger partial charge in [0.15, 0.2) is 5.82 Å². The van der Waals surface area contributed by atoms with E-state index in [1.807, 2.05) is 19.9 Å². The number of nitrogens with two attached hydrogens (primary N) is 1. The van der Waals surface area contributed by atoms with Crippen molar-refractivity contribution in [1.82, 2.24) is 9.97 Å². The summed E-state index contributed by atoms with van der Waals surface area (Å²) in [6.45, 7) is 5.37. The van der Waals surface area contributed by atoms with Crippen LogP contribution in [0.5, 0.6) is 5.75 Å². The average Bonchev–Trinajstić information content (AvgIpc) is 2.41. The van der Waals surface area contributed by atoms with Crippen molar-refractivity contribution in [2.45, 2.75) is 20.3 Å². The third-order valence-electron chi connectivity index (χ3n) is 3.06. The molecule has 5 heteroatoms. The molecule has 4 N–H and O–H groups in total. The topological polar surface area (TPSA) is 84.1 Å². The Balaban J connectivity index is 2.30. The van der Waals surface area contributed by atoms with Crippen molar-refractivity contribution in [2.75, 3.05) is 18.4 Å². The maximum Gasteiger partial charge on any atom is 0.159 e. The summed E-state index contributed by atoms with van der Waals surface area (Å²) in [4.78, 5) is 9.02. The first-order chi connectivity index (χ1) is 9.61. The standard InChI is InChI=1S/C15H20N4O/c1-10-14(17-8-4-7-16)11(2)19-15(18-10)12-5-3-6-13(20)9-12/h3,5-6,9,17,20H,4,7-8,16H2,1-2H3. The van der Waals surface area contributed by atoms with Crippen molar-refractivity contribution >= 4 is 5.69 Å². The Hall–Kier alpha value is -2.14. The van der Waals surface area contributed by atoms with E-state index in [1.54, 1.807) is 18.2 Å². The second-order valence-electron chi connectivity index (χ2n) is 4.71. The van der Waals surface area contributed by atoms with E-state index in [2.05, 4.69) is 15.3 Å². The van der Waals surface area contributed by atoms with Crippen molar-refractivity contribution in [3.63, 3.8) is 0 Å². The van der Waals surface area contributed by atoms with E-state index in [0.29, 0.717) is 12.4 Å². The second kappa shape index (κ2) is 6.34. The molecule has 0 aliphatic heterocycles. The number of nitrogens with one attached hydrogen (secondary N) is 1. The average molecular weight is 272 g/mol. The van der Waals surface area contributed by atoms with Crippen LogP contribution in [-0.4, -0.2) is 28.2 Å². The van der Waals surface area contributed by atoms with Crippen LogP contribution >= 0.6 is 0 Å². The van der Waals surface area contributed by atoms with Gasteiger partial charge in [0.2, 0.25) is 0 Å². The normalized spacial score (nSPS) is 10.6. The van der Waals surface area contributed by atoms with E-state index in [1.165, 1.54) is 0 Å². The SMILES string of the molecule is Cc1nc(-c2cccc(O)c2)nc(C)c1NCCCN. The summed E-state index contributed by atoms with van der Waals surface area (Å²) in [7, 11) is 0. The second-order valence-corrected chi connectivity index (χ2v) is 4.71. The molecule has 2 aromatic rings. The van der Waals surface area contributed by atoms with Gasteiger partial charge in [-0.25, -0.2) is 9.97 Å². The van der Waals surface area contributed by atoms with Gasteiger partial charge >= 0.3 is 0 Å². The fourth-order valence-electron chi connectivity index (χ4n) is 2.06. The number of aromatic hydroxyl groups is 1. The molecule has 0 aliphatic rings. The van der Waals surface area contributed by atoms with Crippen LogP contribution in [0.1, 0.15) is 17.8 Å². The number of rotatable bonds is 5. The molecule has 0 atom stereocenters. The molecule has 0 spiro atoms. The van der Waals surface area contributed by atoms with Gasteiger partial charge in [-0.15, -0.1) is 0 Å². The van der Waals surface area contributed by atoms with Gasteiger partial charge < -0.3 is 16.2 Å². The first kappa shape index (κ1) is 14.3. The van der Waals surface area contributed by atoms with Crippen LogP contribution in [0.4, 0.5) is 5.69 Å². The summed E-state index contributed by atoms with van der Waals surface area (Å²) < 4.78 is 0. The van der Waals surface area contributed by atoms with Crippen LogP contribution in [0, 0.1) is 13.8 Å². The molecule has 1 heterocycles. The number of aryl methyl sites for hydroxylation is 2. The summed E-state index contributed by atoms with van der Waals surface area (Å²) in [6, 6.07) is 6.96. The molecule has 2 rings (SSSR count). The Morgan fingerprint density at radius 2 is 1.90 bits per heavy atom. The minimum absolute atomic E-state index is 0.214. The number of anilines is 1. The number of phenolic OH excluding ortho intramolecular Hbond substituents is 1. The molecule has 0 unspecified atom stereocenters. The van der Waals surface area contributed by atoms with E-state index in [0.717, 1.165) is 35.6 Å².